The first-order chi connectivity index (χ1) is 9.92. The van der Waals surface area contributed by atoms with Gasteiger partial charge in [-0.3, -0.25) is 4.90 Å². The number of hydrogen-bond acceptors (Lipinski definition) is 5. The van der Waals surface area contributed by atoms with E-state index in [2.05, 4.69) is 24.8 Å². The maximum atomic E-state index is 10.5. The van der Waals surface area contributed by atoms with Gasteiger partial charge in [0.1, 0.15) is 5.54 Å². The highest BCUT2D eigenvalue weighted by Crippen LogP contribution is 2.45. The summed E-state index contributed by atoms with van der Waals surface area (Å²) in [6, 6.07) is 2.75. The minimum atomic E-state index is -0.682. The number of aliphatic hydroxyl groups excluding tert-OH is 1. The number of nitrogens with zero attached hydrogens (tertiary/aromatic N) is 3. The normalized spacial score (nSPS) is 26.4. The zero-order valence-electron chi connectivity index (χ0n) is 15.2. The van der Waals surface area contributed by atoms with Gasteiger partial charge in [-0.25, -0.2) is 0 Å². The number of hydroxylamine groups is 2. The van der Waals surface area contributed by atoms with E-state index in [-0.39, 0.29) is 6.04 Å². The fourth-order valence-electron chi connectivity index (χ4n) is 4.09. The molecule has 0 aliphatic carbocycles. The van der Waals surface area contributed by atoms with Gasteiger partial charge in [-0.2, -0.15) is 10.3 Å². The van der Waals surface area contributed by atoms with Crippen LogP contribution in [0.2, 0.25) is 0 Å². The summed E-state index contributed by atoms with van der Waals surface area (Å²) in [5, 5.41) is 31.9. The van der Waals surface area contributed by atoms with Crippen molar-refractivity contribution in [3.8, 4) is 6.07 Å². The van der Waals surface area contributed by atoms with Crippen LogP contribution in [0.3, 0.4) is 0 Å². The van der Waals surface area contributed by atoms with Crippen LogP contribution >= 0.6 is 0 Å². The van der Waals surface area contributed by atoms with Gasteiger partial charge in [0.25, 0.3) is 0 Å². The van der Waals surface area contributed by atoms with Crippen LogP contribution in [0, 0.1) is 11.3 Å². The van der Waals surface area contributed by atoms with Crippen molar-refractivity contribution in [2.24, 2.45) is 0 Å². The molecule has 1 aliphatic heterocycles. The topological polar surface area (TPSA) is 70.7 Å². The molecule has 2 unspecified atom stereocenters. The second-order valence-electron chi connectivity index (χ2n) is 8.19. The molecular formula is C17H33N3O2. The zero-order chi connectivity index (χ0) is 17.3. The summed E-state index contributed by atoms with van der Waals surface area (Å²) in [6.45, 7) is 14.3. The van der Waals surface area contributed by atoms with E-state index in [1.165, 1.54) is 5.06 Å². The van der Waals surface area contributed by atoms with E-state index in [0.717, 1.165) is 6.42 Å². The molecule has 0 bridgehead atoms. The number of aliphatic hydroxyl groups is 1. The number of β-amino-alcohol motifs (C(OH)–C–C–N with tert-alkyl or cyclic N) is 1. The maximum absolute atomic E-state index is 10.5. The van der Waals surface area contributed by atoms with Crippen LogP contribution in [-0.2, 0) is 0 Å². The van der Waals surface area contributed by atoms with Gasteiger partial charge < -0.3 is 10.3 Å². The Morgan fingerprint density at radius 1 is 1.18 bits per heavy atom. The van der Waals surface area contributed by atoms with Crippen molar-refractivity contribution in [3.05, 3.63) is 0 Å². The average molecular weight is 311 g/mol. The molecule has 2 atom stereocenters. The average Bonchev–Trinajstić information content (AvgIpc) is 2.40. The molecule has 0 aromatic carbocycles. The molecule has 0 spiro atoms. The van der Waals surface area contributed by atoms with E-state index in [4.69, 9.17) is 0 Å². The van der Waals surface area contributed by atoms with Crippen LogP contribution in [0.25, 0.3) is 0 Å². The molecular weight excluding hydrogens is 278 g/mol. The van der Waals surface area contributed by atoms with E-state index in [9.17, 15) is 15.6 Å². The lowest BCUT2D eigenvalue weighted by molar-refractivity contribution is -0.261. The van der Waals surface area contributed by atoms with Crippen LogP contribution in [0.15, 0.2) is 0 Å². The third-order valence-corrected chi connectivity index (χ3v) is 4.94. The second-order valence-corrected chi connectivity index (χ2v) is 8.19. The Kier molecular flexibility index (Phi) is 5.68. The number of nitriles is 1. The Balaban J connectivity index is 3.31. The molecule has 0 aromatic heterocycles. The lowest BCUT2D eigenvalue weighted by Gasteiger charge is -2.58. The fraction of sp³-hybridized carbons (Fsp3) is 0.941. The Labute approximate surface area is 135 Å². The standard InChI is InChI=1S/C17H33N3O2/c1-8-13(2)19(9-14(3)21)17(12-18)10-15(4,5)20(22)16(6,7)11-17/h13-14,21-22H,8-11H2,1-7H3. The summed E-state index contributed by atoms with van der Waals surface area (Å²) >= 11 is 0. The number of piperidine rings is 1. The van der Waals surface area contributed by atoms with E-state index in [1.807, 2.05) is 27.7 Å². The van der Waals surface area contributed by atoms with E-state index in [1.54, 1.807) is 6.92 Å². The first-order valence-electron chi connectivity index (χ1n) is 8.27. The molecule has 1 aliphatic rings. The van der Waals surface area contributed by atoms with Crippen molar-refractivity contribution in [3.63, 3.8) is 0 Å². The summed E-state index contributed by atoms with van der Waals surface area (Å²) in [7, 11) is 0. The maximum Gasteiger partial charge on any atom is 0.113 e. The lowest BCUT2D eigenvalue weighted by Crippen LogP contribution is -2.69. The quantitative estimate of drug-likeness (QED) is 0.817. The van der Waals surface area contributed by atoms with Crippen molar-refractivity contribution in [2.75, 3.05) is 6.54 Å². The zero-order valence-corrected chi connectivity index (χ0v) is 15.2. The molecule has 0 aromatic rings. The SMILES string of the molecule is CCC(C)N(CC(C)O)C1(C#N)CC(C)(C)N(O)C(C)(C)C1. The van der Waals surface area contributed by atoms with E-state index in [0.29, 0.717) is 19.4 Å². The van der Waals surface area contributed by atoms with Crippen molar-refractivity contribution in [1.82, 2.24) is 9.96 Å². The highest BCUT2D eigenvalue weighted by atomic mass is 16.5. The number of hydrogen-bond donors (Lipinski definition) is 2. The van der Waals surface area contributed by atoms with Gasteiger partial charge in [0.2, 0.25) is 0 Å². The van der Waals surface area contributed by atoms with Crippen molar-refractivity contribution >= 4 is 0 Å². The van der Waals surface area contributed by atoms with Gasteiger partial charge in [0.15, 0.2) is 0 Å². The lowest BCUT2D eigenvalue weighted by atomic mass is 9.69. The molecule has 5 heteroatoms. The summed E-state index contributed by atoms with van der Waals surface area (Å²) in [5.74, 6) is 0. The van der Waals surface area contributed by atoms with Crippen LogP contribution in [0.1, 0.15) is 67.7 Å². The van der Waals surface area contributed by atoms with Gasteiger partial charge in [-0.1, -0.05) is 6.92 Å². The molecule has 0 amide bonds. The van der Waals surface area contributed by atoms with Crippen molar-refractivity contribution in [1.29, 1.82) is 5.26 Å². The van der Waals surface area contributed by atoms with Crippen molar-refractivity contribution < 1.29 is 10.3 Å². The predicted octanol–water partition coefficient (Wildman–Crippen LogP) is 2.77. The molecule has 0 radical (unpaired) electrons. The van der Waals surface area contributed by atoms with Gasteiger partial charge in [0, 0.05) is 23.7 Å². The van der Waals surface area contributed by atoms with E-state index < -0.39 is 22.7 Å². The summed E-state index contributed by atoms with van der Waals surface area (Å²) in [6.07, 6.45) is 1.53. The highest BCUT2D eigenvalue weighted by Gasteiger charge is 2.55. The minimum absolute atomic E-state index is 0.200. The van der Waals surface area contributed by atoms with Gasteiger partial charge >= 0.3 is 0 Å². The molecule has 1 heterocycles. The van der Waals surface area contributed by atoms with Crippen LogP contribution < -0.4 is 0 Å². The molecule has 22 heavy (non-hydrogen) atoms. The Morgan fingerprint density at radius 3 is 1.95 bits per heavy atom. The molecule has 2 N–H and O–H groups in total. The van der Waals surface area contributed by atoms with Gasteiger partial charge in [-0.15, -0.1) is 0 Å². The van der Waals surface area contributed by atoms with Crippen molar-refractivity contribution in [2.45, 2.75) is 96.5 Å². The first kappa shape index (κ1) is 19.4. The third kappa shape index (κ3) is 3.62. The van der Waals surface area contributed by atoms with Crippen LogP contribution in [0.4, 0.5) is 0 Å². The Bertz CT molecular complexity index is 408. The fourth-order valence-corrected chi connectivity index (χ4v) is 4.09. The first-order valence-corrected chi connectivity index (χ1v) is 8.27. The largest absolute Gasteiger partial charge is 0.392 e. The smallest absolute Gasteiger partial charge is 0.113 e. The molecule has 1 saturated heterocycles. The molecule has 128 valence electrons. The summed E-state index contributed by atoms with van der Waals surface area (Å²) < 4.78 is 0. The van der Waals surface area contributed by atoms with Gasteiger partial charge in [0.05, 0.1) is 12.2 Å². The summed E-state index contributed by atoms with van der Waals surface area (Å²) in [5.41, 5.74) is -1.68. The molecule has 0 saturated carbocycles. The summed E-state index contributed by atoms with van der Waals surface area (Å²) in [4.78, 5) is 2.15. The number of rotatable bonds is 5. The van der Waals surface area contributed by atoms with Gasteiger partial charge in [-0.05, 0) is 60.8 Å². The minimum Gasteiger partial charge on any atom is -0.392 e. The van der Waals surface area contributed by atoms with Crippen LogP contribution in [-0.4, -0.2) is 55.6 Å². The third-order valence-electron chi connectivity index (χ3n) is 4.94. The monoisotopic (exact) mass is 311 g/mol. The Morgan fingerprint density at radius 2 is 1.64 bits per heavy atom. The molecule has 1 fully saturated rings. The van der Waals surface area contributed by atoms with Crippen LogP contribution in [0.5, 0.6) is 0 Å². The second kappa shape index (κ2) is 6.45. The highest BCUT2D eigenvalue weighted by molar-refractivity contribution is 5.19. The molecule has 1 rings (SSSR count). The predicted molar refractivity (Wildman–Crippen MR) is 87.5 cm³/mol. The Hall–Kier alpha value is -0.670. The van der Waals surface area contributed by atoms with E-state index >= 15 is 0 Å². The molecule has 5 nitrogen and oxygen atoms in total.